The van der Waals surface area contributed by atoms with Gasteiger partial charge in [0, 0.05) is 17.7 Å². The van der Waals surface area contributed by atoms with Crippen molar-refractivity contribution in [3.8, 4) is 0 Å². The minimum atomic E-state index is -4.21. The van der Waals surface area contributed by atoms with Gasteiger partial charge in [-0.2, -0.15) is 4.31 Å². The molecule has 2 N–H and O–H groups in total. The van der Waals surface area contributed by atoms with Gasteiger partial charge in [0.05, 0.1) is 0 Å². The molecule has 2 rings (SSSR count). The van der Waals surface area contributed by atoms with Crippen LogP contribution in [0, 0.1) is 5.82 Å². The predicted molar refractivity (Wildman–Crippen MR) is 90.2 cm³/mol. The summed E-state index contributed by atoms with van der Waals surface area (Å²) in [6.45, 7) is 0. The van der Waals surface area contributed by atoms with Gasteiger partial charge in [-0.05, 0) is 39.7 Å². The number of rotatable bonds is 5. The molecule has 6 nitrogen and oxygen atoms in total. The molecule has 0 spiro atoms. The van der Waals surface area contributed by atoms with Gasteiger partial charge < -0.3 is 5.73 Å². The molecule has 1 atom stereocenters. The summed E-state index contributed by atoms with van der Waals surface area (Å²) in [5, 5.41) is -0.257. The lowest BCUT2D eigenvalue weighted by Crippen LogP contribution is -2.39. The maximum Gasteiger partial charge on any atom is 0.246 e. The van der Waals surface area contributed by atoms with E-state index < -0.39 is 27.8 Å². The largest absolute Gasteiger partial charge is 0.368 e. The summed E-state index contributed by atoms with van der Waals surface area (Å²) in [5.74, 6) is -1.57. The first-order valence-corrected chi connectivity index (χ1v) is 9.09. The Kier molecular flexibility index (Phi) is 5.59. The highest BCUT2D eigenvalue weighted by atomic mass is 79.9. The number of hydrogen-bond donors (Lipinski definition) is 1. The van der Waals surface area contributed by atoms with Gasteiger partial charge in [-0.3, -0.25) is 4.79 Å². The molecule has 1 amide bonds. The van der Waals surface area contributed by atoms with Crippen LogP contribution in [0.3, 0.4) is 0 Å². The highest BCUT2D eigenvalue weighted by Gasteiger charge is 2.34. The molecule has 10 heteroatoms. The van der Waals surface area contributed by atoms with Gasteiger partial charge in [0.25, 0.3) is 0 Å². The van der Waals surface area contributed by atoms with Crippen LogP contribution in [0.1, 0.15) is 11.6 Å². The van der Waals surface area contributed by atoms with Crippen LogP contribution in [0.25, 0.3) is 0 Å². The molecule has 128 valence electrons. The fourth-order valence-corrected chi connectivity index (χ4v) is 4.34. The molecule has 0 aliphatic carbocycles. The van der Waals surface area contributed by atoms with Crippen molar-refractivity contribution < 1.29 is 17.6 Å². The molecular formula is C14H12BrClFN3O3S. The van der Waals surface area contributed by atoms with Crippen LogP contribution in [0.15, 0.2) is 45.9 Å². The van der Waals surface area contributed by atoms with Crippen LogP contribution in [0.2, 0.25) is 5.15 Å². The van der Waals surface area contributed by atoms with E-state index in [1.54, 1.807) is 0 Å². The molecule has 1 aromatic carbocycles. The Morgan fingerprint density at radius 2 is 2.08 bits per heavy atom. The third-order valence-corrected chi connectivity index (χ3v) is 5.91. The van der Waals surface area contributed by atoms with Gasteiger partial charge in [0.1, 0.15) is 21.9 Å². The molecule has 0 radical (unpaired) electrons. The number of carbonyl (C=O) groups is 1. The van der Waals surface area contributed by atoms with Crippen LogP contribution in [-0.4, -0.2) is 30.7 Å². The maximum absolute atomic E-state index is 13.4. The smallest absolute Gasteiger partial charge is 0.246 e. The highest BCUT2D eigenvalue weighted by molar-refractivity contribution is 9.10. The molecule has 1 heterocycles. The summed E-state index contributed by atoms with van der Waals surface area (Å²) in [6, 6.07) is 4.83. The Morgan fingerprint density at radius 1 is 1.42 bits per heavy atom. The van der Waals surface area contributed by atoms with Gasteiger partial charge in [-0.15, -0.1) is 0 Å². The van der Waals surface area contributed by atoms with Gasteiger partial charge in [0.15, 0.2) is 0 Å². The molecule has 0 fully saturated rings. The fourth-order valence-electron chi connectivity index (χ4n) is 2.11. The average Bonchev–Trinajstić information content (AvgIpc) is 2.49. The van der Waals surface area contributed by atoms with Gasteiger partial charge in [-0.25, -0.2) is 17.8 Å². The monoisotopic (exact) mass is 435 g/mol. The number of pyridine rings is 1. The van der Waals surface area contributed by atoms with E-state index in [1.165, 1.54) is 30.5 Å². The van der Waals surface area contributed by atoms with Crippen molar-refractivity contribution >= 4 is 43.5 Å². The normalized spacial score (nSPS) is 13.0. The number of nitrogens with two attached hydrogens (primary N) is 1. The topological polar surface area (TPSA) is 93.4 Å². The Balaban J connectivity index is 2.55. The summed E-state index contributed by atoms with van der Waals surface area (Å²) < 4.78 is 40.1. The van der Waals surface area contributed by atoms with E-state index in [-0.39, 0.29) is 15.6 Å². The molecule has 1 unspecified atom stereocenters. The van der Waals surface area contributed by atoms with Crippen molar-refractivity contribution in [3.63, 3.8) is 0 Å². The molecular weight excluding hydrogens is 425 g/mol. The van der Waals surface area contributed by atoms with E-state index in [0.717, 1.165) is 17.4 Å². The lowest BCUT2D eigenvalue weighted by atomic mass is 10.1. The van der Waals surface area contributed by atoms with Gasteiger partial charge in [0.2, 0.25) is 15.9 Å². The Morgan fingerprint density at radius 3 is 2.67 bits per heavy atom. The summed E-state index contributed by atoms with van der Waals surface area (Å²) in [7, 11) is -3.05. The van der Waals surface area contributed by atoms with E-state index in [2.05, 4.69) is 20.9 Å². The Hall–Kier alpha value is -1.55. The summed E-state index contributed by atoms with van der Waals surface area (Å²) in [4.78, 5) is 15.3. The second-order valence-corrected chi connectivity index (χ2v) is 8.06. The number of primary amides is 1. The molecule has 24 heavy (non-hydrogen) atoms. The van der Waals surface area contributed by atoms with E-state index >= 15 is 0 Å². The number of sulfonamides is 1. The van der Waals surface area contributed by atoms with Crippen molar-refractivity contribution in [2.75, 3.05) is 7.05 Å². The Bertz CT molecular complexity index is 895. The number of aromatic nitrogens is 1. The van der Waals surface area contributed by atoms with Crippen molar-refractivity contribution in [2.24, 2.45) is 5.73 Å². The molecule has 1 aromatic heterocycles. The van der Waals surface area contributed by atoms with Crippen LogP contribution < -0.4 is 5.73 Å². The first kappa shape index (κ1) is 18.8. The van der Waals surface area contributed by atoms with Crippen LogP contribution >= 0.6 is 27.5 Å². The van der Waals surface area contributed by atoms with Crippen LogP contribution in [0.5, 0.6) is 0 Å². The van der Waals surface area contributed by atoms with Crippen molar-refractivity contribution in [1.82, 2.24) is 9.29 Å². The number of likely N-dealkylation sites (N-methyl/N-ethyl adjacent to an activating group) is 1. The minimum Gasteiger partial charge on any atom is -0.368 e. The number of nitrogens with zero attached hydrogens (tertiary/aromatic N) is 2. The molecule has 0 saturated heterocycles. The molecule has 0 bridgehead atoms. The maximum atomic E-state index is 13.4. The van der Waals surface area contributed by atoms with E-state index in [9.17, 15) is 17.6 Å². The SMILES string of the molecule is CN(C(C(N)=O)c1cccc(F)c1)S(=O)(=O)c1cc(Br)cnc1Cl. The first-order valence-electron chi connectivity index (χ1n) is 6.48. The zero-order valence-electron chi connectivity index (χ0n) is 12.3. The number of halogens is 3. The van der Waals surface area contributed by atoms with E-state index in [4.69, 9.17) is 17.3 Å². The van der Waals surface area contributed by atoms with Crippen LogP contribution in [-0.2, 0) is 14.8 Å². The number of carbonyl (C=O) groups excluding carboxylic acids is 1. The summed E-state index contributed by atoms with van der Waals surface area (Å²) in [6.07, 6.45) is 1.33. The first-order chi connectivity index (χ1) is 11.1. The van der Waals surface area contributed by atoms with Crippen molar-refractivity contribution in [3.05, 3.63) is 57.5 Å². The summed E-state index contributed by atoms with van der Waals surface area (Å²) >= 11 is 8.98. The van der Waals surface area contributed by atoms with E-state index in [0.29, 0.717) is 4.47 Å². The number of amides is 1. The van der Waals surface area contributed by atoms with Gasteiger partial charge in [-0.1, -0.05) is 23.7 Å². The van der Waals surface area contributed by atoms with Crippen LogP contribution in [0.4, 0.5) is 4.39 Å². The standard InChI is InChI=1S/C14H12BrClFN3O3S/c1-20(12(14(18)21)8-3-2-4-10(17)5-8)24(22,23)11-6-9(15)7-19-13(11)16/h2-7,12H,1H3,(H2,18,21). The molecule has 0 aliphatic heterocycles. The molecule has 0 saturated carbocycles. The lowest BCUT2D eigenvalue weighted by Gasteiger charge is -2.25. The lowest BCUT2D eigenvalue weighted by molar-refractivity contribution is -0.121. The summed E-state index contributed by atoms with van der Waals surface area (Å²) in [5.41, 5.74) is 5.44. The minimum absolute atomic E-state index is 0.104. The Labute approximate surface area is 151 Å². The zero-order valence-corrected chi connectivity index (χ0v) is 15.4. The highest BCUT2D eigenvalue weighted by Crippen LogP contribution is 2.30. The second-order valence-electron chi connectivity index (χ2n) is 4.82. The fraction of sp³-hybridized carbons (Fsp3) is 0.143. The quantitative estimate of drug-likeness (QED) is 0.729. The zero-order chi connectivity index (χ0) is 18.1. The number of benzene rings is 1. The van der Waals surface area contributed by atoms with Gasteiger partial charge >= 0.3 is 0 Å². The second kappa shape index (κ2) is 7.14. The molecule has 0 aliphatic rings. The number of hydrogen-bond acceptors (Lipinski definition) is 4. The van der Waals surface area contributed by atoms with Crippen molar-refractivity contribution in [1.29, 1.82) is 0 Å². The average molecular weight is 437 g/mol. The third kappa shape index (κ3) is 3.75. The third-order valence-electron chi connectivity index (χ3n) is 3.23. The molecule has 2 aromatic rings. The van der Waals surface area contributed by atoms with Crippen molar-refractivity contribution in [2.45, 2.75) is 10.9 Å². The predicted octanol–water partition coefficient (Wildman–Crippen LogP) is 2.48. The van der Waals surface area contributed by atoms with E-state index in [1.807, 2.05) is 0 Å².